The lowest BCUT2D eigenvalue weighted by Gasteiger charge is -2.10. The third-order valence-corrected chi connectivity index (χ3v) is 5.58. The van der Waals surface area contributed by atoms with Gasteiger partial charge in [0.15, 0.2) is 0 Å². The molecule has 144 valence electrons. The van der Waals surface area contributed by atoms with Gasteiger partial charge in [0, 0.05) is 12.1 Å². The number of anilines is 1. The van der Waals surface area contributed by atoms with Crippen molar-refractivity contribution in [2.45, 2.75) is 46.1 Å². The Kier molecular flexibility index (Phi) is 5.23. The summed E-state index contributed by atoms with van der Waals surface area (Å²) < 4.78 is 2.23. The van der Waals surface area contributed by atoms with Crippen molar-refractivity contribution in [3.63, 3.8) is 0 Å². The monoisotopic (exact) mass is 393 g/mol. The SMILES string of the molecule is Cc1ccc(-c2nc(C(=O)Nc3ccc(C)cc3Cl)c3n2CCCCC3)cc1. The molecule has 1 aliphatic heterocycles. The van der Waals surface area contributed by atoms with E-state index in [0.717, 1.165) is 48.5 Å². The second-order valence-electron chi connectivity index (χ2n) is 7.50. The molecule has 0 atom stereocenters. The molecular weight excluding hydrogens is 370 g/mol. The minimum Gasteiger partial charge on any atom is -0.327 e. The number of rotatable bonds is 3. The van der Waals surface area contributed by atoms with Crippen LogP contribution in [0.3, 0.4) is 0 Å². The number of carbonyl (C=O) groups excluding carboxylic acids is 1. The van der Waals surface area contributed by atoms with E-state index in [2.05, 4.69) is 41.1 Å². The Hall–Kier alpha value is -2.59. The molecule has 0 saturated carbocycles. The molecule has 1 aromatic heterocycles. The molecule has 1 aliphatic rings. The van der Waals surface area contributed by atoms with Crippen LogP contribution in [0.4, 0.5) is 5.69 Å². The normalized spacial score (nSPS) is 13.7. The van der Waals surface area contributed by atoms with Crippen molar-refractivity contribution in [3.8, 4) is 11.4 Å². The van der Waals surface area contributed by atoms with Crippen LogP contribution in [0, 0.1) is 13.8 Å². The van der Waals surface area contributed by atoms with Crippen LogP contribution in [0.2, 0.25) is 5.02 Å². The van der Waals surface area contributed by atoms with Crippen LogP contribution in [0.25, 0.3) is 11.4 Å². The molecule has 1 N–H and O–H groups in total. The first-order valence-corrected chi connectivity index (χ1v) is 10.1. The van der Waals surface area contributed by atoms with Crippen molar-refractivity contribution in [3.05, 3.63) is 70.0 Å². The number of amides is 1. The zero-order chi connectivity index (χ0) is 19.7. The zero-order valence-corrected chi connectivity index (χ0v) is 17.0. The van der Waals surface area contributed by atoms with Gasteiger partial charge in [0.1, 0.15) is 11.5 Å². The molecule has 3 aromatic rings. The standard InChI is InChI=1S/C23H24ClN3O/c1-15-7-10-17(11-8-15)22-26-21(20-6-4-3-5-13-27(20)22)23(28)25-19-12-9-16(2)14-18(19)24/h7-12,14H,3-6,13H2,1-2H3,(H,25,28). The highest BCUT2D eigenvalue weighted by Gasteiger charge is 2.24. The predicted molar refractivity (Wildman–Crippen MR) is 114 cm³/mol. The molecular formula is C23H24ClN3O. The highest BCUT2D eigenvalue weighted by molar-refractivity contribution is 6.34. The molecule has 2 heterocycles. The van der Waals surface area contributed by atoms with Gasteiger partial charge in [0.25, 0.3) is 5.91 Å². The third-order valence-electron chi connectivity index (χ3n) is 5.27. The van der Waals surface area contributed by atoms with Gasteiger partial charge in [-0.25, -0.2) is 4.98 Å². The number of aryl methyl sites for hydroxylation is 2. The van der Waals surface area contributed by atoms with E-state index in [9.17, 15) is 4.79 Å². The highest BCUT2D eigenvalue weighted by Crippen LogP contribution is 2.29. The average molecular weight is 394 g/mol. The second-order valence-corrected chi connectivity index (χ2v) is 7.90. The highest BCUT2D eigenvalue weighted by atomic mass is 35.5. The van der Waals surface area contributed by atoms with E-state index < -0.39 is 0 Å². The summed E-state index contributed by atoms with van der Waals surface area (Å²) in [6.07, 6.45) is 4.21. The van der Waals surface area contributed by atoms with Crippen LogP contribution >= 0.6 is 11.6 Å². The van der Waals surface area contributed by atoms with Crippen LogP contribution in [0.1, 0.15) is 46.6 Å². The smallest absolute Gasteiger partial charge is 0.276 e. The molecule has 0 fully saturated rings. The van der Waals surface area contributed by atoms with E-state index in [-0.39, 0.29) is 5.91 Å². The van der Waals surface area contributed by atoms with Gasteiger partial charge in [-0.15, -0.1) is 0 Å². The lowest BCUT2D eigenvalue weighted by molar-refractivity contribution is 0.102. The first-order valence-electron chi connectivity index (χ1n) is 9.77. The van der Waals surface area contributed by atoms with Gasteiger partial charge < -0.3 is 9.88 Å². The molecule has 0 radical (unpaired) electrons. The number of carbonyl (C=O) groups is 1. The van der Waals surface area contributed by atoms with Gasteiger partial charge >= 0.3 is 0 Å². The topological polar surface area (TPSA) is 46.9 Å². The van der Waals surface area contributed by atoms with Gasteiger partial charge in [0.2, 0.25) is 0 Å². The number of nitrogens with zero attached hydrogens (tertiary/aromatic N) is 2. The Morgan fingerprint density at radius 1 is 1.04 bits per heavy atom. The van der Waals surface area contributed by atoms with Crippen molar-refractivity contribution in [1.82, 2.24) is 9.55 Å². The first-order chi connectivity index (χ1) is 13.5. The molecule has 0 unspecified atom stereocenters. The first kappa shape index (κ1) is 18.8. The molecule has 5 heteroatoms. The van der Waals surface area contributed by atoms with E-state index >= 15 is 0 Å². The van der Waals surface area contributed by atoms with Gasteiger partial charge in [-0.2, -0.15) is 0 Å². The number of imidazole rings is 1. The quantitative estimate of drug-likeness (QED) is 0.611. The largest absolute Gasteiger partial charge is 0.327 e. The minimum atomic E-state index is -0.199. The Morgan fingerprint density at radius 3 is 2.54 bits per heavy atom. The molecule has 0 aliphatic carbocycles. The maximum Gasteiger partial charge on any atom is 0.276 e. The predicted octanol–water partition coefficient (Wildman–Crippen LogP) is 5.80. The number of nitrogens with one attached hydrogen (secondary N) is 1. The van der Waals surface area contributed by atoms with Crippen molar-refractivity contribution in [2.75, 3.05) is 5.32 Å². The van der Waals surface area contributed by atoms with E-state index in [1.807, 2.05) is 25.1 Å². The van der Waals surface area contributed by atoms with Crippen molar-refractivity contribution < 1.29 is 4.79 Å². The minimum absolute atomic E-state index is 0.199. The van der Waals surface area contributed by atoms with Gasteiger partial charge in [-0.3, -0.25) is 4.79 Å². The number of aromatic nitrogens is 2. The molecule has 28 heavy (non-hydrogen) atoms. The molecule has 2 aromatic carbocycles. The summed E-state index contributed by atoms with van der Waals surface area (Å²) >= 11 is 6.31. The number of benzene rings is 2. The molecule has 0 bridgehead atoms. The van der Waals surface area contributed by atoms with Crippen LogP contribution < -0.4 is 5.32 Å². The Bertz CT molecular complexity index is 1020. The third kappa shape index (κ3) is 3.69. The van der Waals surface area contributed by atoms with Gasteiger partial charge in [-0.1, -0.05) is 53.9 Å². The summed E-state index contributed by atoms with van der Waals surface area (Å²) in [7, 11) is 0. The Balaban J connectivity index is 1.74. The van der Waals surface area contributed by atoms with Crippen molar-refractivity contribution >= 4 is 23.2 Å². The van der Waals surface area contributed by atoms with Crippen molar-refractivity contribution in [1.29, 1.82) is 0 Å². The molecule has 0 saturated heterocycles. The molecule has 0 spiro atoms. The second kappa shape index (κ2) is 7.80. The van der Waals surface area contributed by atoms with E-state index in [1.165, 1.54) is 12.0 Å². The number of hydrogen-bond acceptors (Lipinski definition) is 2. The van der Waals surface area contributed by atoms with Gasteiger partial charge in [-0.05, 0) is 50.8 Å². The summed E-state index contributed by atoms with van der Waals surface area (Å²) in [4.78, 5) is 17.9. The van der Waals surface area contributed by atoms with Crippen LogP contribution in [-0.2, 0) is 13.0 Å². The summed E-state index contributed by atoms with van der Waals surface area (Å²) in [5.74, 6) is 0.673. The van der Waals surface area contributed by atoms with Gasteiger partial charge in [0.05, 0.1) is 16.4 Å². The Morgan fingerprint density at radius 2 is 1.79 bits per heavy atom. The lowest BCUT2D eigenvalue weighted by Crippen LogP contribution is -2.15. The van der Waals surface area contributed by atoms with E-state index in [1.54, 1.807) is 0 Å². The number of fused-ring (bicyclic) bond motifs is 1. The molecule has 1 amide bonds. The number of hydrogen-bond donors (Lipinski definition) is 1. The fourth-order valence-corrected chi connectivity index (χ4v) is 4.01. The van der Waals surface area contributed by atoms with E-state index in [0.29, 0.717) is 16.4 Å². The van der Waals surface area contributed by atoms with Crippen LogP contribution in [0.15, 0.2) is 42.5 Å². The number of halogens is 1. The van der Waals surface area contributed by atoms with Crippen molar-refractivity contribution in [2.24, 2.45) is 0 Å². The van der Waals surface area contributed by atoms with Crippen LogP contribution in [0.5, 0.6) is 0 Å². The summed E-state index contributed by atoms with van der Waals surface area (Å²) in [5.41, 5.74) is 5.45. The maximum absolute atomic E-state index is 13.1. The molecule has 4 nitrogen and oxygen atoms in total. The Labute approximate surface area is 170 Å². The average Bonchev–Trinajstić information content (AvgIpc) is 2.86. The summed E-state index contributed by atoms with van der Waals surface area (Å²) in [6, 6.07) is 13.9. The fraction of sp³-hybridized carbons (Fsp3) is 0.304. The lowest BCUT2D eigenvalue weighted by atomic mass is 10.1. The van der Waals surface area contributed by atoms with Crippen LogP contribution in [-0.4, -0.2) is 15.5 Å². The zero-order valence-electron chi connectivity index (χ0n) is 16.3. The van der Waals surface area contributed by atoms with E-state index in [4.69, 9.17) is 16.6 Å². The maximum atomic E-state index is 13.1. The molecule has 4 rings (SSSR count). The fourth-order valence-electron chi connectivity index (χ4n) is 3.73. The summed E-state index contributed by atoms with van der Waals surface area (Å²) in [5, 5.41) is 3.49. The summed E-state index contributed by atoms with van der Waals surface area (Å²) in [6.45, 7) is 4.94.